The zero-order valence-electron chi connectivity index (χ0n) is 69.7. The maximum atomic E-state index is 14.4. The van der Waals surface area contributed by atoms with E-state index in [9.17, 15) is 28.0 Å². The van der Waals surface area contributed by atoms with Crippen LogP contribution in [0, 0.1) is 11.6 Å². The number of carbonyl (C=O) groups excluding carboxylic acids is 4. The van der Waals surface area contributed by atoms with E-state index in [1.807, 2.05) is 226 Å². The Balaban J connectivity index is 0.000000132. The number of amides is 4. The number of anilines is 4. The highest BCUT2D eigenvalue weighted by molar-refractivity contribution is 8.00. The third kappa shape index (κ3) is 23.9. The van der Waals surface area contributed by atoms with E-state index >= 15 is 0 Å². The zero-order chi connectivity index (χ0) is 89.2. The maximum Gasteiger partial charge on any atom is 0.336 e. The van der Waals surface area contributed by atoms with Crippen molar-refractivity contribution in [1.29, 1.82) is 0 Å². The van der Waals surface area contributed by atoms with Gasteiger partial charge < -0.3 is 59.2 Å². The monoisotopic (exact) mass is 1800 g/mol. The zero-order valence-corrected chi connectivity index (χ0v) is 73.0. The first-order valence-electron chi connectivity index (χ1n) is 40.4. The molecule has 129 heavy (non-hydrogen) atoms. The highest BCUT2D eigenvalue weighted by atomic mass is 32.2. The Labute approximate surface area is 756 Å². The molecule has 5 aromatic heterocycles. The van der Waals surface area contributed by atoms with Gasteiger partial charge in [0.25, 0.3) is 0 Å². The third-order valence-electron chi connectivity index (χ3n) is 18.6. The summed E-state index contributed by atoms with van der Waals surface area (Å²) in [6.07, 6.45) is 0.337. The Kier molecular flexibility index (Phi) is 30.0. The van der Waals surface area contributed by atoms with E-state index in [1.165, 1.54) is 65.3 Å². The number of halogens is 2. The van der Waals surface area contributed by atoms with Gasteiger partial charge in [0, 0.05) is 59.0 Å². The average molecular weight is 1810 g/mol. The summed E-state index contributed by atoms with van der Waals surface area (Å²) in [6.45, 7) is 7.23. The third-order valence-corrected chi connectivity index (χ3v) is 22.6. The first-order chi connectivity index (χ1) is 63.1. The van der Waals surface area contributed by atoms with Gasteiger partial charge in [0.05, 0.1) is 78.9 Å². The van der Waals surface area contributed by atoms with Crippen LogP contribution in [0.15, 0.2) is 305 Å². The molecule has 0 saturated heterocycles. The standard InChI is InChI=1S/C25H22N4O4S.C24H21FN4O2S.C24H20N4O4S.C22H19FN4O2S/c1-2-31-25-27-24(17-8-13-21-22(14-17)33-16-32-21)29(28-25)19-11-9-18(10-12-19)26-23(30)15-34-20-6-4-3-5-7-20;1-2-31-24-27-23(20-10-6-7-11-21(20)25)29(28-24)18-14-12-17(13-15-18)26-22(30)16-32-19-8-4-3-5-9-19;1-30-24-26-23(16-7-12-20-21(13-16)32-15-31-20)28(27-24)18-10-8-17(9-11-18)25-22(29)14-33-19-5-3-2-4-6-19;1-2-29-22-25-21(15-5-3-6-16(23)13-15)27(26-22)18-10-8-17(9-11-18)24-20(28)14-19-7-4-12-30-19/h3-14H,2,15-16H2,1H3,(H,26,30);3-15H,2,16H2,1H3,(H,26,30);2-13H,14-15H2,1H3,(H,25,29);3-13H,2,14H2,1H3,(H,24,28). The summed E-state index contributed by atoms with van der Waals surface area (Å²) in [6, 6.07) is 87.1. The summed E-state index contributed by atoms with van der Waals surface area (Å²) in [7, 11) is 1.52. The molecule has 18 rings (SSSR count). The predicted octanol–water partition coefficient (Wildman–Crippen LogP) is 19.1. The van der Waals surface area contributed by atoms with E-state index in [0.29, 0.717) is 135 Å². The molecule has 2 aliphatic heterocycles. The number of hydrogen-bond acceptors (Lipinski definition) is 24. The molecule has 16 aromatic rings. The van der Waals surface area contributed by atoms with Gasteiger partial charge in [-0.1, -0.05) is 84.9 Å². The summed E-state index contributed by atoms with van der Waals surface area (Å²) in [5.41, 5.74) is 8.21. The van der Waals surface area contributed by atoms with Crippen molar-refractivity contribution in [3.05, 3.63) is 307 Å². The number of aromatic nitrogens is 12. The smallest absolute Gasteiger partial charge is 0.336 e. The van der Waals surface area contributed by atoms with Crippen LogP contribution in [0.3, 0.4) is 0 Å². The van der Waals surface area contributed by atoms with E-state index in [4.69, 9.17) is 37.9 Å². The van der Waals surface area contributed by atoms with Gasteiger partial charge in [0.15, 0.2) is 46.3 Å². The van der Waals surface area contributed by atoms with Crippen LogP contribution >= 0.6 is 46.6 Å². The van der Waals surface area contributed by atoms with Gasteiger partial charge in [-0.15, -0.1) is 67.0 Å². The van der Waals surface area contributed by atoms with Crippen molar-refractivity contribution in [2.24, 2.45) is 0 Å². The van der Waals surface area contributed by atoms with Crippen molar-refractivity contribution in [3.8, 4) is 115 Å². The minimum atomic E-state index is -0.399. The van der Waals surface area contributed by atoms with Crippen LogP contribution in [0.2, 0.25) is 0 Å². The summed E-state index contributed by atoms with van der Waals surface area (Å²) in [4.78, 5) is 71.1. The van der Waals surface area contributed by atoms with Crippen LogP contribution in [0.1, 0.15) is 25.6 Å². The Morgan fingerprint density at radius 3 is 1.11 bits per heavy atom. The number of nitrogens with one attached hydrogen (secondary N) is 4. The second kappa shape index (κ2) is 43.7. The molecule has 0 bridgehead atoms. The number of nitrogens with zero attached hydrogens (tertiary/aromatic N) is 12. The summed E-state index contributed by atoms with van der Waals surface area (Å²) < 4.78 is 78.1. The molecule has 0 radical (unpaired) electrons. The van der Waals surface area contributed by atoms with Crippen LogP contribution in [0.25, 0.3) is 68.3 Å². The van der Waals surface area contributed by atoms with E-state index in [1.54, 1.807) is 92.1 Å². The quantitative estimate of drug-likeness (QED) is 0.0304. The highest BCUT2D eigenvalue weighted by Gasteiger charge is 2.25. The number of hydrogen-bond donors (Lipinski definition) is 4. The van der Waals surface area contributed by atoms with Crippen molar-refractivity contribution in [2.45, 2.75) is 41.9 Å². The molecule has 7 heterocycles. The van der Waals surface area contributed by atoms with Gasteiger partial charge in [-0.2, -0.15) is 19.9 Å². The van der Waals surface area contributed by atoms with Crippen molar-refractivity contribution >= 4 is 93.0 Å². The lowest BCUT2D eigenvalue weighted by Gasteiger charge is -2.09. The Morgan fingerprint density at radius 1 is 0.372 bits per heavy atom. The topological polar surface area (TPSA) is 313 Å². The number of ether oxygens (including phenoxy) is 8. The lowest BCUT2D eigenvalue weighted by molar-refractivity contribution is -0.116. The number of rotatable bonds is 30. The number of methoxy groups -OCH3 is 1. The molecule has 652 valence electrons. The SMILES string of the molecule is CCOc1nc(-c2ccc3c(c2)OCO3)n(-c2ccc(NC(=O)CSc3ccccc3)cc2)n1.CCOc1nc(-c2cccc(F)c2)n(-c2ccc(NC(=O)Cc3cccs3)cc2)n1.CCOc1nc(-c2ccccc2F)n(-c2ccc(NC(=O)CSc3ccccc3)cc2)n1.COc1nc(-c2ccc3c(c2)OCO3)n(-c2ccc(NC(=O)CSc3ccccc3)cc2)n1. The molecule has 2 aliphatic rings. The molecule has 34 heteroatoms. The summed E-state index contributed by atoms with van der Waals surface area (Å²) in [5, 5.41) is 31.3. The second-order valence-electron chi connectivity index (χ2n) is 27.6. The first-order valence-corrected chi connectivity index (χ1v) is 44.3. The van der Waals surface area contributed by atoms with Crippen LogP contribution in [-0.2, 0) is 25.6 Å². The molecule has 0 unspecified atom stereocenters. The van der Waals surface area contributed by atoms with E-state index in [0.717, 1.165) is 42.1 Å². The number of carbonyl (C=O) groups is 4. The fourth-order valence-electron chi connectivity index (χ4n) is 12.7. The molecule has 0 atom stereocenters. The van der Waals surface area contributed by atoms with Crippen LogP contribution in [-0.4, -0.2) is 140 Å². The first kappa shape index (κ1) is 88.7. The van der Waals surface area contributed by atoms with Crippen molar-refractivity contribution in [3.63, 3.8) is 0 Å². The van der Waals surface area contributed by atoms with E-state index in [-0.39, 0.29) is 67.1 Å². The lowest BCUT2D eigenvalue weighted by atomic mass is 10.2. The predicted molar refractivity (Wildman–Crippen MR) is 493 cm³/mol. The minimum Gasteiger partial charge on any atom is -0.466 e. The molecule has 0 spiro atoms. The van der Waals surface area contributed by atoms with Crippen LogP contribution < -0.4 is 59.2 Å². The average Bonchev–Trinajstić information content (AvgIpc) is 1.64. The maximum absolute atomic E-state index is 14.4. The fraction of sp³-hybridized carbons (Fsp3) is 0.137. The Morgan fingerprint density at radius 2 is 0.729 bits per heavy atom. The van der Waals surface area contributed by atoms with Gasteiger partial charge in [0.2, 0.25) is 37.2 Å². The molecule has 11 aromatic carbocycles. The van der Waals surface area contributed by atoms with Crippen molar-refractivity contribution in [2.75, 3.05) is 79.0 Å². The van der Waals surface area contributed by atoms with E-state index in [2.05, 4.69) is 61.6 Å². The molecule has 0 fully saturated rings. The number of fused-ring (bicyclic) bond motifs is 2. The largest absolute Gasteiger partial charge is 0.466 e. The summed E-state index contributed by atoms with van der Waals surface area (Å²) >= 11 is 6.01. The molecule has 0 saturated carbocycles. The Hall–Kier alpha value is -15.1. The van der Waals surface area contributed by atoms with Crippen LogP contribution in [0.4, 0.5) is 31.5 Å². The molecule has 28 nitrogen and oxygen atoms in total. The van der Waals surface area contributed by atoms with Gasteiger partial charge in [-0.05, 0) is 226 Å². The number of thiophene rings is 1. The molecule has 4 N–H and O–H groups in total. The van der Waals surface area contributed by atoms with Gasteiger partial charge in [0.1, 0.15) is 11.6 Å². The minimum absolute atomic E-state index is 0.0676. The second-order valence-corrected chi connectivity index (χ2v) is 31.8. The van der Waals surface area contributed by atoms with Gasteiger partial charge >= 0.3 is 24.0 Å². The summed E-state index contributed by atoms with van der Waals surface area (Å²) in [5.74, 6) is 4.63. The Bertz CT molecular complexity index is 6460. The van der Waals surface area contributed by atoms with E-state index < -0.39 is 5.82 Å². The van der Waals surface area contributed by atoms with Crippen LogP contribution in [0.5, 0.6) is 47.0 Å². The van der Waals surface area contributed by atoms with Crippen molar-refractivity contribution < 1.29 is 65.9 Å². The molecular formula is C95H82F2N16O12S4. The number of thioether (sulfide) groups is 3. The highest BCUT2D eigenvalue weighted by Crippen LogP contribution is 2.39. The lowest BCUT2D eigenvalue weighted by Crippen LogP contribution is -2.14. The molecular weight excluding hydrogens is 1720 g/mol. The number of benzene rings is 11. The fourth-order valence-corrected chi connectivity index (χ4v) is 15.6. The van der Waals surface area contributed by atoms with Crippen molar-refractivity contribution in [1.82, 2.24) is 59.1 Å². The van der Waals surface area contributed by atoms with Gasteiger partial charge in [-0.25, -0.2) is 27.5 Å². The normalized spacial score (nSPS) is 11.3. The van der Waals surface area contributed by atoms with Gasteiger partial charge in [-0.3, -0.25) is 19.2 Å². The molecule has 4 amide bonds. The molecule has 0 aliphatic carbocycles.